The Hall–Kier alpha value is -2.82. The van der Waals surface area contributed by atoms with Gasteiger partial charge in [-0.2, -0.15) is 4.98 Å². The highest BCUT2D eigenvalue weighted by atomic mass is 79.9. The minimum Gasteiger partial charge on any atom is -0.494 e. The van der Waals surface area contributed by atoms with Gasteiger partial charge < -0.3 is 25.2 Å². The topological polar surface area (TPSA) is 94.6 Å². The lowest BCUT2D eigenvalue weighted by atomic mass is 10.0. The molecule has 232 valence electrons. The number of anilines is 5. The number of rotatable bonds is 8. The molecule has 4 aromatic rings. The fourth-order valence-electron chi connectivity index (χ4n) is 6.05. The number of ether oxygens (including phenoxy) is 1. The van der Waals surface area contributed by atoms with Gasteiger partial charge in [0.05, 0.1) is 39.0 Å². The number of nitrogens with one attached hydrogen (secondary N) is 2. The van der Waals surface area contributed by atoms with Gasteiger partial charge in [0.2, 0.25) is 5.95 Å². The molecule has 2 aliphatic heterocycles. The molecule has 0 aliphatic carbocycles. The molecule has 2 N–H and O–H groups in total. The molecular formula is C31H38BrClN9OP. The number of hydrogen-bond donors (Lipinski definition) is 2. The number of methoxy groups -OCH3 is 1. The van der Waals surface area contributed by atoms with Crippen LogP contribution >= 0.6 is 35.5 Å². The number of halogens is 2. The summed E-state index contributed by atoms with van der Waals surface area (Å²) < 4.78 is 6.55. The summed E-state index contributed by atoms with van der Waals surface area (Å²) in [6, 6.07) is 8.57. The van der Waals surface area contributed by atoms with Crippen molar-refractivity contribution in [1.82, 2.24) is 29.7 Å². The molecule has 2 aromatic heterocycles. The highest BCUT2D eigenvalue weighted by molar-refractivity contribution is 9.10. The molecule has 2 fully saturated rings. The number of piperazine rings is 1. The number of benzene rings is 2. The van der Waals surface area contributed by atoms with Crippen LogP contribution in [0, 0.1) is 0 Å². The lowest BCUT2D eigenvalue weighted by Gasteiger charge is -2.42. The maximum absolute atomic E-state index is 6.89. The average molecular weight is 699 g/mol. The molecule has 2 aliphatic rings. The number of hydrogen-bond acceptors (Lipinski definition) is 10. The fraction of sp³-hybridized carbons (Fsp3) is 0.419. The number of aromatic nitrogens is 4. The molecule has 13 heteroatoms. The van der Waals surface area contributed by atoms with Crippen molar-refractivity contribution in [2.45, 2.75) is 18.9 Å². The monoisotopic (exact) mass is 697 g/mol. The van der Waals surface area contributed by atoms with Crippen LogP contribution in [0.15, 0.2) is 47.3 Å². The molecule has 0 amide bonds. The molecule has 2 saturated heterocycles. The molecule has 2 aromatic carbocycles. The van der Waals surface area contributed by atoms with Gasteiger partial charge >= 0.3 is 0 Å². The minimum atomic E-state index is -0.475. The highest BCUT2D eigenvalue weighted by Gasteiger charge is 2.28. The van der Waals surface area contributed by atoms with E-state index in [1.54, 1.807) is 25.7 Å². The summed E-state index contributed by atoms with van der Waals surface area (Å²) in [4.78, 5) is 25.9. The Bertz CT molecular complexity index is 1630. The van der Waals surface area contributed by atoms with Crippen molar-refractivity contribution in [3.63, 3.8) is 0 Å². The zero-order valence-electron chi connectivity index (χ0n) is 25.5. The molecule has 0 radical (unpaired) electrons. The second kappa shape index (κ2) is 13.7. The average Bonchev–Trinajstić information content (AvgIpc) is 3.03. The Morgan fingerprint density at radius 2 is 1.70 bits per heavy atom. The van der Waals surface area contributed by atoms with E-state index in [0.29, 0.717) is 34.3 Å². The molecule has 4 heterocycles. The van der Waals surface area contributed by atoms with Crippen LogP contribution in [0.25, 0.3) is 11.0 Å². The van der Waals surface area contributed by atoms with Crippen molar-refractivity contribution in [2.75, 3.05) is 82.3 Å². The first kappa shape index (κ1) is 31.2. The summed E-state index contributed by atoms with van der Waals surface area (Å²) in [6.45, 7) is 11.0. The Morgan fingerprint density at radius 1 is 0.955 bits per heavy atom. The summed E-state index contributed by atoms with van der Waals surface area (Å²) in [7, 11) is 3.40. The summed E-state index contributed by atoms with van der Waals surface area (Å²) >= 11 is 10.5. The van der Waals surface area contributed by atoms with Crippen LogP contribution in [0.3, 0.4) is 0 Å². The minimum absolute atomic E-state index is 0.420. The second-order valence-electron chi connectivity index (χ2n) is 11.5. The van der Waals surface area contributed by atoms with Crippen LogP contribution in [0.5, 0.6) is 5.75 Å². The van der Waals surface area contributed by atoms with Gasteiger partial charge in [-0.3, -0.25) is 14.9 Å². The van der Waals surface area contributed by atoms with Crippen molar-refractivity contribution in [2.24, 2.45) is 0 Å². The highest BCUT2D eigenvalue weighted by Crippen LogP contribution is 2.39. The van der Waals surface area contributed by atoms with Crippen LogP contribution < -0.4 is 25.6 Å². The van der Waals surface area contributed by atoms with Crippen molar-refractivity contribution in [3.05, 3.63) is 52.4 Å². The van der Waals surface area contributed by atoms with E-state index in [9.17, 15) is 0 Å². The van der Waals surface area contributed by atoms with Crippen LogP contribution in [-0.2, 0) is 0 Å². The number of likely N-dealkylation sites (N-methyl/N-ethyl adjacent to an activating group) is 1. The third kappa shape index (κ3) is 6.72. The maximum Gasteiger partial charge on any atom is 0.229 e. The lowest BCUT2D eigenvalue weighted by Crippen LogP contribution is -2.52. The number of piperidine rings is 1. The Morgan fingerprint density at radius 3 is 2.43 bits per heavy atom. The number of nitrogens with zero attached hydrogens (tertiary/aromatic N) is 7. The van der Waals surface area contributed by atoms with E-state index in [-0.39, 0.29) is 0 Å². The third-order valence-corrected chi connectivity index (χ3v) is 10.7. The predicted molar refractivity (Wildman–Crippen MR) is 187 cm³/mol. The van der Waals surface area contributed by atoms with E-state index in [2.05, 4.69) is 76.6 Å². The molecule has 0 atom stereocenters. The van der Waals surface area contributed by atoms with Crippen LogP contribution in [0.2, 0.25) is 5.02 Å². The normalized spacial score (nSPS) is 16.9. The van der Waals surface area contributed by atoms with E-state index >= 15 is 0 Å². The first-order valence-corrected chi connectivity index (χ1v) is 18.2. The van der Waals surface area contributed by atoms with Gasteiger partial charge in [-0.15, -0.1) is 0 Å². The van der Waals surface area contributed by atoms with Gasteiger partial charge in [-0.1, -0.05) is 19.5 Å². The predicted octanol–water partition coefficient (Wildman–Crippen LogP) is 5.91. The van der Waals surface area contributed by atoms with Crippen molar-refractivity contribution >= 4 is 80.6 Å². The maximum atomic E-state index is 6.89. The molecule has 0 bridgehead atoms. The molecule has 0 unspecified atom stereocenters. The molecular weight excluding hydrogens is 661 g/mol. The molecule has 6 rings (SSSR count). The second-order valence-corrected chi connectivity index (χ2v) is 15.0. The molecule has 0 saturated carbocycles. The molecule has 10 nitrogen and oxygen atoms in total. The first-order chi connectivity index (χ1) is 21.3. The van der Waals surface area contributed by atoms with Crippen LogP contribution in [0.4, 0.5) is 28.8 Å². The zero-order valence-corrected chi connectivity index (χ0v) is 28.8. The van der Waals surface area contributed by atoms with E-state index in [1.807, 2.05) is 24.3 Å². The third-order valence-electron chi connectivity index (χ3n) is 8.43. The van der Waals surface area contributed by atoms with Crippen molar-refractivity contribution in [3.8, 4) is 5.75 Å². The quantitative estimate of drug-likeness (QED) is 0.216. The van der Waals surface area contributed by atoms with Gasteiger partial charge in [-0.05, 0) is 67.3 Å². The van der Waals surface area contributed by atoms with Gasteiger partial charge in [0, 0.05) is 81.0 Å². The standard InChI is InChI=1S/C31H38BrClN9OP/c1-40-13-15-41(16-14-40)20-7-11-42(12-8-20)26-18-27(43-2)25(17-22(26)33)38-31-36-19-21(32)30(39-31)37-24-6-5-23-28(29(24)44(3)4)35-10-9-34-23/h5-6,9-10,17-20H,7-8,11-16H2,1-4H3,(H2,36,37,38,39). The van der Waals surface area contributed by atoms with E-state index in [4.69, 9.17) is 21.3 Å². The largest absolute Gasteiger partial charge is 0.494 e. The van der Waals surface area contributed by atoms with Crippen molar-refractivity contribution in [1.29, 1.82) is 0 Å². The van der Waals surface area contributed by atoms with Gasteiger partial charge in [0.1, 0.15) is 11.6 Å². The lowest BCUT2D eigenvalue weighted by molar-refractivity contribution is 0.0982. The first-order valence-electron chi connectivity index (χ1n) is 14.8. The smallest absolute Gasteiger partial charge is 0.229 e. The van der Waals surface area contributed by atoms with Crippen LogP contribution in [0.1, 0.15) is 12.8 Å². The van der Waals surface area contributed by atoms with Crippen LogP contribution in [-0.4, -0.2) is 103 Å². The fourth-order valence-corrected chi connectivity index (χ4v) is 7.83. The molecule has 44 heavy (non-hydrogen) atoms. The zero-order chi connectivity index (χ0) is 30.8. The van der Waals surface area contributed by atoms with E-state index in [1.165, 1.54) is 0 Å². The Kier molecular flexibility index (Phi) is 9.68. The summed E-state index contributed by atoms with van der Waals surface area (Å²) in [5, 5.41) is 8.64. The summed E-state index contributed by atoms with van der Waals surface area (Å²) in [5.74, 6) is 1.74. The summed E-state index contributed by atoms with van der Waals surface area (Å²) in [5.41, 5.74) is 4.42. The summed E-state index contributed by atoms with van der Waals surface area (Å²) in [6.07, 6.45) is 7.45. The van der Waals surface area contributed by atoms with Gasteiger partial charge in [0.15, 0.2) is 0 Å². The van der Waals surface area contributed by atoms with Gasteiger partial charge in [0.25, 0.3) is 0 Å². The number of fused-ring (bicyclic) bond motifs is 1. The van der Waals surface area contributed by atoms with E-state index in [0.717, 1.165) is 84.3 Å². The van der Waals surface area contributed by atoms with Gasteiger partial charge in [-0.25, -0.2) is 4.98 Å². The SMILES string of the molecule is COc1cc(N2CCC(N3CCN(C)CC3)CC2)c(Cl)cc1Nc1ncc(Br)c(Nc2ccc3nccnc3c2P(C)C)n1. The van der Waals surface area contributed by atoms with Crippen molar-refractivity contribution < 1.29 is 4.74 Å². The van der Waals surface area contributed by atoms with E-state index < -0.39 is 7.92 Å². The Labute approximate surface area is 273 Å². The molecule has 0 spiro atoms. The Balaban J connectivity index is 1.19.